The summed E-state index contributed by atoms with van der Waals surface area (Å²) in [6, 6.07) is 2.11. The van der Waals surface area contributed by atoms with Crippen molar-refractivity contribution in [3.8, 4) is 0 Å². The van der Waals surface area contributed by atoms with Gasteiger partial charge in [-0.3, -0.25) is 9.63 Å². The van der Waals surface area contributed by atoms with Gasteiger partial charge in [0.05, 0.1) is 11.5 Å². The van der Waals surface area contributed by atoms with Gasteiger partial charge in [0.25, 0.3) is 5.91 Å². The minimum absolute atomic E-state index is 0.0622. The molecule has 1 aromatic heterocycles. The zero-order chi connectivity index (χ0) is 13.2. The highest BCUT2D eigenvalue weighted by molar-refractivity contribution is 7.14. The summed E-state index contributed by atoms with van der Waals surface area (Å²) in [6.07, 6.45) is 6.92. The molecule has 0 radical (unpaired) electrons. The van der Waals surface area contributed by atoms with Crippen LogP contribution in [0, 0.1) is 5.92 Å². The van der Waals surface area contributed by atoms with Crippen molar-refractivity contribution in [2.75, 3.05) is 13.2 Å². The lowest BCUT2D eigenvalue weighted by Crippen LogP contribution is -2.35. The van der Waals surface area contributed by atoms with E-state index in [0.29, 0.717) is 6.61 Å². The number of nitrogens with zero attached hydrogens (tertiary/aromatic N) is 1. The highest BCUT2D eigenvalue weighted by Crippen LogP contribution is 2.34. The number of amides is 1. The van der Waals surface area contributed by atoms with Crippen molar-refractivity contribution in [2.45, 2.75) is 45.4 Å². The van der Waals surface area contributed by atoms with E-state index in [9.17, 15) is 4.79 Å². The second kappa shape index (κ2) is 5.63. The SMILES string of the molecule is CCC1CCc2sc(C(=O)N3CCCCO3)cc2C1. The molecule has 1 atom stereocenters. The molecule has 0 aromatic carbocycles. The van der Waals surface area contributed by atoms with Gasteiger partial charge in [-0.05, 0) is 49.7 Å². The Morgan fingerprint density at radius 2 is 2.42 bits per heavy atom. The van der Waals surface area contributed by atoms with E-state index in [1.165, 1.54) is 23.3 Å². The summed E-state index contributed by atoms with van der Waals surface area (Å²) < 4.78 is 0. The van der Waals surface area contributed by atoms with Gasteiger partial charge < -0.3 is 0 Å². The normalized spacial score (nSPS) is 23.2. The van der Waals surface area contributed by atoms with Gasteiger partial charge >= 0.3 is 0 Å². The van der Waals surface area contributed by atoms with Gasteiger partial charge in [0.1, 0.15) is 0 Å². The Morgan fingerprint density at radius 3 is 3.16 bits per heavy atom. The number of carbonyl (C=O) groups is 1. The average Bonchev–Trinajstić information content (AvgIpc) is 2.90. The largest absolute Gasteiger partial charge is 0.287 e. The third-order valence-electron chi connectivity index (χ3n) is 4.20. The van der Waals surface area contributed by atoms with Gasteiger partial charge in [0.2, 0.25) is 0 Å². The molecule has 4 heteroatoms. The zero-order valence-corrected chi connectivity index (χ0v) is 12.3. The van der Waals surface area contributed by atoms with E-state index in [1.807, 2.05) is 0 Å². The summed E-state index contributed by atoms with van der Waals surface area (Å²) in [5, 5.41) is 1.55. The maximum absolute atomic E-state index is 12.4. The van der Waals surface area contributed by atoms with Crippen LogP contribution in [0.5, 0.6) is 0 Å². The molecule has 1 amide bonds. The number of carbonyl (C=O) groups excluding carboxylic acids is 1. The van der Waals surface area contributed by atoms with Gasteiger partial charge in [-0.25, -0.2) is 5.06 Å². The number of rotatable bonds is 2. The predicted octanol–water partition coefficient (Wildman–Crippen LogP) is 3.43. The number of fused-ring (bicyclic) bond motifs is 1. The summed E-state index contributed by atoms with van der Waals surface area (Å²) in [5.74, 6) is 0.864. The van der Waals surface area contributed by atoms with Gasteiger partial charge in [-0.1, -0.05) is 13.3 Å². The molecule has 2 heterocycles. The molecule has 1 aromatic rings. The number of hydroxylamine groups is 2. The Bertz CT molecular complexity index is 463. The lowest BCUT2D eigenvalue weighted by Gasteiger charge is -2.25. The fourth-order valence-corrected chi connectivity index (χ4v) is 4.08. The topological polar surface area (TPSA) is 29.5 Å². The molecule has 0 N–H and O–H groups in total. The van der Waals surface area contributed by atoms with E-state index in [-0.39, 0.29) is 5.91 Å². The van der Waals surface area contributed by atoms with E-state index in [0.717, 1.165) is 43.0 Å². The van der Waals surface area contributed by atoms with E-state index < -0.39 is 0 Å². The van der Waals surface area contributed by atoms with E-state index in [4.69, 9.17) is 4.84 Å². The molecule has 3 rings (SSSR count). The Morgan fingerprint density at radius 1 is 1.53 bits per heavy atom. The van der Waals surface area contributed by atoms with Crippen molar-refractivity contribution >= 4 is 17.2 Å². The molecular formula is C15H21NO2S. The number of thiophene rings is 1. The monoisotopic (exact) mass is 279 g/mol. The first-order valence-electron chi connectivity index (χ1n) is 7.34. The van der Waals surface area contributed by atoms with Crippen LogP contribution >= 0.6 is 11.3 Å². The molecule has 3 nitrogen and oxygen atoms in total. The van der Waals surface area contributed by atoms with Gasteiger partial charge in [-0.2, -0.15) is 0 Å². The molecule has 19 heavy (non-hydrogen) atoms. The number of hydrogen-bond acceptors (Lipinski definition) is 3. The van der Waals surface area contributed by atoms with Crippen LogP contribution in [-0.2, 0) is 17.7 Å². The van der Waals surface area contributed by atoms with Crippen molar-refractivity contribution in [3.63, 3.8) is 0 Å². The zero-order valence-electron chi connectivity index (χ0n) is 11.5. The lowest BCUT2D eigenvalue weighted by atomic mass is 9.87. The smallest absolute Gasteiger partial charge is 0.271 e. The van der Waals surface area contributed by atoms with Gasteiger partial charge in [0, 0.05) is 11.4 Å². The van der Waals surface area contributed by atoms with Crippen molar-refractivity contribution in [1.82, 2.24) is 5.06 Å². The molecule has 1 saturated heterocycles. The number of aryl methyl sites for hydroxylation is 1. The maximum atomic E-state index is 12.4. The second-order valence-corrected chi connectivity index (χ2v) is 6.66. The summed E-state index contributed by atoms with van der Waals surface area (Å²) in [5.41, 5.74) is 1.41. The summed E-state index contributed by atoms with van der Waals surface area (Å²) >= 11 is 1.68. The van der Waals surface area contributed by atoms with Crippen LogP contribution in [0.15, 0.2) is 6.07 Å². The molecule has 0 bridgehead atoms. The molecule has 1 unspecified atom stereocenters. The fourth-order valence-electron chi connectivity index (χ4n) is 2.93. The molecule has 0 spiro atoms. The van der Waals surface area contributed by atoms with Crippen LogP contribution in [0.2, 0.25) is 0 Å². The third kappa shape index (κ3) is 2.70. The quantitative estimate of drug-likeness (QED) is 0.830. The van der Waals surface area contributed by atoms with Crippen LogP contribution in [0.25, 0.3) is 0 Å². The Hall–Kier alpha value is -0.870. The molecule has 104 valence electrons. The van der Waals surface area contributed by atoms with E-state index in [2.05, 4.69) is 13.0 Å². The maximum Gasteiger partial charge on any atom is 0.287 e. The first-order chi connectivity index (χ1) is 9.28. The fraction of sp³-hybridized carbons (Fsp3) is 0.667. The highest BCUT2D eigenvalue weighted by Gasteiger charge is 2.25. The van der Waals surface area contributed by atoms with Crippen LogP contribution in [-0.4, -0.2) is 24.1 Å². The molecular weight excluding hydrogens is 258 g/mol. The molecule has 1 fully saturated rings. The molecule has 1 aliphatic carbocycles. The summed E-state index contributed by atoms with van der Waals surface area (Å²) in [7, 11) is 0. The first kappa shape index (κ1) is 13.1. The van der Waals surface area contributed by atoms with Crippen molar-refractivity contribution in [3.05, 3.63) is 21.4 Å². The summed E-state index contributed by atoms with van der Waals surface area (Å²) in [4.78, 5) is 20.1. The Kier molecular flexibility index (Phi) is 3.89. The molecule has 2 aliphatic rings. The van der Waals surface area contributed by atoms with Gasteiger partial charge in [0.15, 0.2) is 0 Å². The second-order valence-electron chi connectivity index (χ2n) is 5.52. The van der Waals surface area contributed by atoms with Crippen molar-refractivity contribution < 1.29 is 9.63 Å². The van der Waals surface area contributed by atoms with E-state index in [1.54, 1.807) is 16.4 Å². The Labute approximate surface area is 118 Å². The average molecular weight is 279 g/mol. The van der Waals surface area contributed by atoms with Crippen molar-refractivity contribution in [2.24, 2.45) is 5.92 Å². The lowest BCUT2D eigenvalue weighted by molar-refractivity contribution is -0.143. The first-order valence-corrected chi connectivity index (χ1v) is 8.16. The summed E-state index contributed by atoms with van der Waals surface area (Å²) in [6.45, 7) is 3.67. The van der Waals surface area contributed by atoms with Gasteiger partial charge in [-0.15, -0.1) is 11.3 Å². The predicted molar refractivity (Wildman–Crippen MR) is 76.3 cm³/mol. The highest BCUT2D eigenvalue weighted by atomic mass is 32.1. The molecule has 0 saturated carbocycles. The van der Waals surface area contributed by atoms with Crippen LogP contribution in [0.1, 0.15) is 52.7 Å². The van der Waals surface area contributed by atoms with E-state index >= 15 is 0 Å². The third-order valence-corrected chi connectivity index (χ3v) is 5.43. The van der Waals surface area contributed by atoms with Crippen LogP contribution in [0.3, 0.4) is 0 Å². The van der Waals surface area contributed by atoms with Crippen molar-refractivity contribution in [1.29, 1.82) is 0 Å². The van der Waals surface area contributed by atoms with Crippen LogP contribution < -0.4 is 0 Å². The number of hydrogen-bond donors (Lipinski definition) is 0. The minimum Gasteiger partial charge on any atom is -0.271 e. The minimum atomic E-state index is 0.0622. The Balaban J connectivity index is 1.75. The van der Waals surface area contributed by atoms with Crippen LogP contribution in [0.4, 0.5) is 0 Å². The standard InChI is InChI=1S/C15H21NO2S/c1-2-11-5-6-13-12(9-11)10-14(19-13)15(17)16-7-3-4-8-18-16/h10-11H,2-9H2,1H3. The molecule has 1 aliphatic heterocycles.